The lowest BCUT2D eigenvalue weighted by molar-refractivity contribution is -0.116. The molecule has 0 radical (unpaired) electrons. The van der Waals surface area contributed by atoms with Crippen LogP contribution in [-0.2, 0) is 9.53 Å². The van der Waals surface area contributed by atoms with Gasteiger partial charge < -0.3 is 20.7 Å². The Morgan fingerprint density at radius 3 is 2.75 bits per heavy atom. The molecule has 3 rings (SSSR count). The van der Waals surface area contributed by atoms with E-state index in [2.05, 4.69) is 47.8 Å². The van der Waals surface area contributed by atoms with E-state index in [1.54, 1.807) is 7.05 Å². The molecule has 0 saturated carbocycles. The minimum Gasteiger partial charge on any atom is -0.377 e. The Bertz CT molecular complexity index is 711. The highest BCUT2D eigenvalue weighted by molar-refractivity contribution is 5.94. The van der Waals surface area contributed by atoms with Crippen molar-refractivity contribution in [2.45, 2.75) is 52.1 Å². The molecule has 6 heteroatoms. The average Bonchev–Trinajstić information content (AvgIpc) is 2.67. The Kier molecular flexibility index (Phi) is 6.60. The minimum absolute atomic E-state index is 0.0702. The number of aliphatic imine (C=N–C) groups is 1. The number of hydrogen-bond donors (Lipinski definition) is 3. The maximum absolute atomic E-state index is 12.0. The quantitative estimate of drug-likeness (QED) is 0.549. The zero-order chi connectivity index (χ0) is 20.1. The number of nitrogens with zero attached hydrogens (tertiary/aromatic N) is 1. The third-order valence-corrected chi connectivity index (χ3v) is 5.68. The number of ether oxygens (including phenoxy) is 1. The molecule has 0 bridgehead atoms. The van der Waals surface area contributed by atoms with Gasteiger partial charge in [0, 0.05) is 50.7 Å². The van der Waals surface area contributed by atoms with Gasteiger partial charge in [0.05, 0.1) is 6.10 Å². The monoisotopic (exact) mass is 386 g/mol. The number of carbonyl (C=O) groups excluding carboxylic acids is 1. The molecular formula is C22H34N4O2. The molecular weight excluding hydrogens is 352 g/mol. The van der Waals surface area contributed by atoms with Crippen LogP contribution in [0.4, 0.5) is 5.69 Å². The number of benzene rings is 1. The number of fused-ring (bicyclic) bond motifs is 1. The lowest BCUT2D eigenvalue weighted by Gasteiger charge is -2.40. The lowest BCUT2D eigenvalue weighted by atomic mass is 9.78. The molecule has 1 aromatic rings. The molecule has 0 spiro atoms. The second kappa shape index (κ2) is 8.95. The van der Waals surface area contributed by atoms with E-state index >= 15 is 0 Å². The molecule has 3 unspecified atom stereocenters. The molecule has 1 amide bonds. The van der Waals surface area contributed by atoms with Crippen molar-refractivity contribution in [2.24, 2.45) is 16.3 Å². The number of rotatable bonds is 4. The summed E-state index contributed by atoms with van der Waals surface area (Å²) in [5.74, 6) is 1.46. The highest BCUT2D eigenvalue weighted by atomic mass is 16.5. The first-order chi connectivity index (χ1) is 13.4. The number of guanidine groups is 1. The molecule has 1 saturated heterocycles. The standard InChI is InChI=1S/C22H34N4O2/c1-22(2,3)20-15(8-7-11-28-20)13-24-21(23-4)25-14-16-12-19(27)26-18-10-6-5-9-17(16)18/h5-6,9-10,15-16,20H,7-8,11-14H2,1-4H3,(H,26,27)(H2,23,24,25). The Balaban J connectivity index is 1.56. The summed E-state index contributed by atoms with van der Waals surface area (Å²) >= 11 is 0. The van der Waals surface area contributed by atoms with Crippen LogP contribution in [0, 0.1) is 11.3 Å². The minimum atomic E-state index is 0.0702. The van der Waals surface area contributed by atoms with Crippen molar-refractivity contribution in [3.8, 4) is 0 Å². The highest BCUT2D eigenvalue weighted by Gasteiger charge is 2.35. The van der Waals surface area contributed by atoms with Gasteiger partial charge in [-0.2, -0.15) is 0 Å². The van der Waals surface area contributed by atoms with Gasteiger partial charge in [0.1, 0.15) is 0 Å². The molecule has 0 aliphatic carbocycles. The van der Waals surface area contributed by atoms with E-state index in [-0.39, 0.29) is 23.3 Å². The molecule has 2 heterocycles. The smallest absolute Gasteiger partial charge is 0.225 e. The summed E-state index contributed by atoms with van der Waals surface area (Å²) in [6.45, 7) is 9.10. The Labute approximate surface area is 168 Å². The summed E-state index contributed by atoms with van der Waals surface area (Å²) in [4.78, 5) is 16.4. The van der Waals surface area contributed by atoms with Gasteiger partial charge in [-0.25, -0.2) is 0 Å². The summed E-state index contributed by atoms with van der Waals surface area (Å²) in [5, 5.41) is 9.84. The van der Waals surface area contributed by atoms with Crippen molar-refractivity contribution in [3.05, 3.63) is 29.8 Å². The summed E-state index contributed by atoms with van der Waals surface area (Å²) in [7, 11) is 1.79. The normalized spacial score (nSPS) is 25.6. The van der Waals surface area contributed by atoms with E-state index in [1.165, 1.54) is 12.0 Å². The van der Waals surface area contributed by atoms with Gasteiger partial charge in [-0.05, 0) is 29.9 Å². The van der Waals surface area contributed by atoms with Crippen LogP contribution in [0.1, 0.15) is 51.5 Å². The first kappa shape index (κ1) is 20.6. The third-order valence-electron chi connectivity index (χ3n) is 5.68. The summed E-state index contributed by atoms with van der Waals surface area (Å²) in [6.07, 6.45) is 3.02. The highest BCUT2D eigenvalue weighted by Crippen LogP contribution is 2.34. The van der Waals surface area contributed by atoms with Crippen LogP contribution in [0.3, 0.4) is 0 Å². The van der Waals surface area contributed by atoms with E-state index in [9.17, 15) is 4.79 Å². The first-order valence-corrected chi connectivity index (χ1v) is 10.3. The zero-order valence-corrected chi connectivity index (χ0v) is 17.5. The number of para-hydroxylation sites is 1. The van der Waals surface area contributed by atoms with E-state index in [4.69, 9.17) is 4.74 Å². The largest absolute Gasteiger partial charge is 0.377 e. The van der Waals surface area contributed by atoms with Crippen LogP contribution in [-0.4, -0.2) is 44.7 Å². The lowest BCUT2D eigenvalue weighted by Crippen LogP contribution is -2.48. The Morgan fingerprint density at radius 1 is 1.25 bits per heavy atom. The fraction of sp³-hybridized carbons (Fsp3) is 0.636. The van der Waals surface area contributed by atoms with Crippen LogP contribution >= 0.6 is 0 Å². The summed E-state index contributed by atoms with van der Waals surface area (Å²) in [6, 6.07) is 8.02. The van der Waals surface area contributed by atoms with Crippen LogP contribution in [0.15, 0.2) is 29.3 Å². The van der Waals surface area contributed by atoms with Gasteiger partial charge >= 0.3 is 0 Å². The van der Waals surface area contributed by atoms with Gasteiger partial charge in [-0.15, -0.1) is 0 Å². The van der Waals surface area contributed by atoms with Gasteiger partial charge in [-0.1, -0.05) is 39.0 Å². The van der Waals surface area contributed by atoms with Crippen molar-refractivity contribution in [1.29, 1.82) is 0 Å². The predicted octanol–water partition coefficient (Wildman–Crippen LogP) is 3.12. The maximum atomic E-state index is 12.0. The van der Waals surface area contributed by atoms with E-state index in [0.717, 1.165) is 31.2 Å². The van der Waals surface area contributed by atoms with E-state index in [0.29, 0.717) is 18.9 Å². The van der Waals surface area contributed by atoms with Gasteiger partial charge in [-0.3, -0.25) is 9.79 Å². The van der Waals surface area contributed by atoms with Crippen molar-refractivity contribution in [3.63, 3.8) is 0 Å². The second-order valence-electron chi connectivity index (χ2n) is 8.93. The molecule has 3 atom stereocenters. The fourth-order valence-electron chi connectivity index (χ4n) is 4.36. The SMILES string of the molecule is CN=C(NCC1CC(=O)Nc2ccccc21)NCC1CCCOC1C(C)(C)C. The number of amides is 1. The van der Waals surface area contributed by atoms with Gasteiger partial charge in [0.15, 0.2) is 5.96 Å². The Morgan fingerprint density at radius 2 is 2.00 bits per heavy atom. The van der Waals surface area contributed by atoms with Crippen LogP contribution in [0.2, 0.25) is 0 Å². The van der Waals surface area contributed by atoms with E-state index < -0.39 is 0 Å². The van der Waals surface area contributed by atoms with Crippen LogP contribution in [0.25, 0.3) is 0 Å². The molecule has 28 heavy (non-hydrogen) atoms. The van der Waals surface area contributed by atoms with Crippen molar-refractivity contribution < 1.29 is 9.53 Å². The van der Waals surface area contributed by atoms with Gasteiger partial charge in [0.25, 0.3) is 0 Å². The van der Waals surface area contributed by atoms with Gasteiger partial charge in [0.2, 0.25) is 5.91 Å². The van der Waals surface area contributed by atoms with Crippen LogP contribution < -0.4 is 16.0 Å². The number of nitrogens with one attached hydrogen (secondary N) is 3. The molecule has 2 aliphatic rings. The average molecular weight is 387 g/mol. The third kappa shape index (κ3) is 5.04. The molecule has 1 fully saturated rings. The second-order valence-corrected chi connectivity index (χ2v) is 8.93. The van der Waals surface area contributed by atoms with Crippen molar-refractivity contribution >= 4 is 17.6 Å². The Hall–Kier alpha value is -2.08. The van der Waals surface area contributed by atoms with E-state index in [1.807, 2.05) is 18.2 Å². The molecule has 0 aromatic heterocycles. The number of carbonyl (C=O) groups is 1. The predicted molar refractivity (Wildman–Crippen MR) is 114 cm³/mol. The van der Waals surface area contributed by atoms with Crippen molar-refractivity contribution in [2.75, 3.05) is 32.1 Å². The fourth-order valence-corrected chi connectivity index (χ4v) is 4.36. The zero-order valence-electron chi connectivity index (χ0n) is 17.5. The molecule has 154 valence electrons. The molecule has 2 aliphatic heterocycles. The molecule has 1 aromatic carbocycles. The number of hydrogen-bond acceptors (Lipinski definition) is 3. The van der Waals surface area contributed by atoms with Crippen molar-refractivity contribution in [1.82, 2.24) is 10.6 Å². The summed E-state index contributed by atoms with van der Waals surface area (Å²) < 4.78 is 6.08. The number of anilines is 1. The molecule has 6 nitrogen and oxygen atoms in total. The topological polar surface area (TPSA) is 74.8 Å². The molecule has 3 N–H and O–H groups in total. The maximum Gasteiger partial charge on any atom is 0.225 e. The first-order valence-electron chi connectivity index (χ1n) is 10.3. The summed E-state index contributed by atoms with van der Waals surface area (Å²) in [5.41, 5.74) is 2.22. The van der Waals surface area contributed by atoms with Crippen LogP contribution in [0.5, 0.6) is 0 Å².